The Morgan fingerprint density at radius 2 is 2.15 bits per heavy atom. The number of thiophene rings is 1. The number of unbranched alkanes of at least 4 members (excludes halogenated alkanes) is 1. The maximum absolute atomic E-state index is 5.80. The smallest absolute Gasteiger partial charge is 0.0931 e. The lowest BCUT2D eigenvalue weighted by atomic mass is 10.3. The Morgan fingerprint density at radius 3 is 2.77 bits per heavy atom. The molecule has 0 aliphatic heterocycles. The van der Waals surface area contributed by atoms with Crippen LogP contribution in [0.1, 0.15) is 17.7 Å². The highest BCUT2D eigenvalue weighted by atomic mass is 35.5. The Morgan fingerprint density at radius 1 is 1.31 bits per heavy atom. The van der Waals surface area contributed by atoms with E-state index in [-0.39, 0.29) is 0 Å². The SMILES string of the molecule is ClCCCCNCc1ccc(Cl)s1. The highest BCUT2D eigenvalue weighted by Gasteiger charge is 1.96. The van der Waals surface area contributed by atoms with Crippen molar-refractivity contribution in [3.05, 3.63) is 21.3 Å². The van der Waals surface area contributed by atoms with Crippen LogP contribution in [-0.2, 0) is 6.54 Å². The van der Waals surface area contributed by atoms with Crippen molar-refractivity contribution in [2.75, 3.05) is 12.4 Å². The van der Waals surface area contributed by atoms with Gasteiger partial charge in [0.05, 0.1) is 4.34 Å². The normalized spacial score (nSPS) is 10.6. The third-order valence-corrected chi connectivity index (χ3v) is 3.16. The summed E-state index contributed by atoms with van der Waals surface area (Å²) in [6.45, 7) is 1.95. The van der Waals surface area contributed by atoms with Gasteiger partial charge in [-0.25, -0.2) is 0 Å². The second-order valence-corrected chi connectivity index (χ2v) is 4.96. The maximum atomic E-state index is 5.80. The summed E-state index contributed by atoms with van der Waals surface area (Å²) >= 11 is 13.0. The molecular formula is C9H13Cl2NS. The van der Waals surface area contributed by atoms with Crippen LogP contribution >= 0.6 is 34.5 Å². The van der Waals surface area contributed by atoms with Crippen molar-refractivity contribution in [3.63, 3.8) is 0 Å². The van der Waals surface area contributed by atoms with Gasteiger partial charge < -0.3 is 5.32 Å². The molecule has 0 aromatic carbocycles. The van der Waals surface area contributed by atoms with Crippen LogP contribution in [0.25, 0.3) is 0 Å². The lowest BCUT2D eigenvalue weighted by Crippen LogP contribution is -2.13. The average Bonchev–Trinajstić information content (AvgIpc) is 2.51. The van der Waals surface area contributed by atoms with E-state index >= 15 is 0 Å². The standard InChI is InChI=1S/C9H13Cl2NS/c10-5-1-2-6-12-7-8-3-4-9(11)13-8/h3-4,12H,1-2,5-7H2. The van der Waals surface area contributed by atoms with Gasteiger partial charge in [-0.15, -0.1) is 22.9 Å². The molecule has 0 radical (unpaired) electrons. The first-order valence-electron chi connectivity index (χ1n) is 4.34. The molecule has 74 valence electrons. The van der Waals surface area contributed by atoms with E-state index in [1.807, 2.05) is 6.07 Å². The van der Waals surface area contributed by atoms with E-state index in [9.17, 15) is 0 Å². The lowest BCUT2D eigenvalue weighted by Gasteiger charge is -2.00. The molecule has 1 rings (SSSR count). The third-order valence-electron chi connectivity index (χ3n) is 1.67. The molecule has 0 unspecified atom stereocenters. The van der Waals surface area contributed by atoms with E-state index in [0.29, 0.717) is 0 Å². The number of rotatable bonds is 6. The minimum absolute atomic E-state index is 0.756. The molecule has 0 saturated carbocycles. The topological polar surface area (TPSA) is 12.0 Å². The van der Waals surface area contributed by atoms with Gasteiger partial charge in [-0.2, -0.15) is 0 Å². The van der Waals surface area contributed by atoms with E-state index < -0.39 is 0 Å². The van der Waals surface area contributed by atoms with Crippen LogP contribution in [0.3, 0.4) is 0 Å². The van der Waals surface area contributed by atoms with Gasteiger partial charge in [-0.3, -0.25) is 0 Å². The van der Waals surface area contributed by atoms with Crippen LogP contribution < -0.4 is 5.32 Å². The Bertz CT molecular complexity index is 237. The van der Waals surface area contributed by atoms with Gasteiger partial charge in [0.1, 0.15) is 0 Å². The molecule has 1 aromatic rings. The van der Waals surface area contributed by atoms with E-state index in [4.69, 9.17) is 23.2 Å². The van der Waals surface area contributed by atoms with E-state index in [1.165, 1.54) is 4.88 Å². The monoisotopic (exact) mass is 237 g/mol. The Balaban J connectivity index is 2.06. The summed E-state index contributed by atoms with van der Waals surface area (Å²) in [7, 11) is 0. The van der Waals surface area contributed by atoms with Gasteiger partial charge in [-0.05, 0) is 31.5 Å². The van der Waals surface area contributed by atoms with Crippen molar-refractivity contribution in [1.29, 1.82) is 0 Å². The fraction of sp³-hybridized carbons (Fsp3) is 0.556. The van der Waals surface area contributed by atoms with Crippen molar-refractivity contribution >= 4 is 34.5 Å². The van der Waals surface area contributed by atoms with Crippen molar-refractivity contribution in [1.82, 2.24) is 5.32 Å². The van der Waals surface area contributed by atoms with Crippen LogP contribution in [0.4, 0.5) is 0 Å². The molecule has 1 heterocycles. The quantitative estimate of drug-likeness (QED) is 0.590. The molecule has 0 fully saturated rings. The highest BCUT2D eigenvalue weighted by molar-refractivity contribution is 7.16. The molecule has 0 aliphatic carbocycles. The van der Waals surface area contributed by atoms with Gasteiger partial charge in [0.2, 0.25) is 0 Å². The Labute approximate surface area is 93.1 Å². The number of alkyl halides is 1. The number of hydrogen-bond donors (Lipinski definition) is 1. The van der Waals surface area contributed by atoms with Gasteiger partial charge in [0.15, 0.2) is 0 Å². The molecule has 0 aliphatic rings. The zero-order valence-electron chi connectivity index (χ0n) is 7.35. The van der Waals surface area contributed by atoms with Crippen LogP contribution in [0.5, 0.6) is 0 Å². The molecular weight excluding hydrogens is 225 g/mol. The highest BCUT2D eigenvalue weighted by Crippen LogP contribution is 2.20. The summed E-state index contributed by atoms with van der Waals surface area (Å²) in [5, 5.41) is 3.34. The van der Waals surface area contributed by atoms with Crippen LogP contribution in [0.2, 0.25) is 4.34 Å². The molecule has 0 spiro atoms. The predicted molar refractivity (Wildman–Crippen MR) is 61.0 cm³/mol. The van der Waals surface area contributed by atoms with Crippen molar-refractivity contribution in [2.24, 2.45) is 0 Å². The minimum Gasteiger partial charge on any atom is -0.312 e. The van der Waals surface area contributed by atoms with Crippen LogP contribution in [0, 0.1) is 0 Å². The van der Waals surface area contributed by atoms with Gasteiger partial charge >= 0.3 is 0 Å². The fourth-order valence-electron chi connectivity index (χ4n) is 1.00. The number of halogens is 2. The average molecular weight is 238 g/mol. The summed E-state index contributed by atoms with van der Waals surface area (Å²) in [4.78, 5) is 1.29. The molecule has 0 amide bonds. The number of hydrogen-bond acceptors (Lipinski definition) is 2. The zero-order chi connectivity index (χ0) is 9.52. The van der Waals surface area contributed by atoms with E-state index in [2.05, 4.69) is 11.4 Å². The lowest BCUT2D eigenvalue weighted by molar-refractivity contribution is 0.647. The first-order chi connectivity index (χ1) is 6.33. The van der Waals surface area contributed by atoms with Crippen molar-refractivity contribution < 1.29 is 0 Å². The number of nitrogens with one attached hydrogen (secondary N) is 1. The van der Waals surface area contributed by atoms with Gasteiger partial charge in [-0.1, -0.05) is 11.6 Å². The molecule has 0 atom stereocenters. The molecule has 1 nitrogen and oxygen atoms in total. The Kier molecular flexibility index (Phi) is 5.80. The maximum Gasteiger partial charge on any atom is 0.0931 e. The summed E-state index contributed by atoms with van der Waals surface area (Å²) in [6.07, 6.45) is 2.22. The predicted octanol–water partition coefficient (Wildman–Crippen LogP) is 3.51. The Hall–Kier alpha value is 0.240. The third kappa shape index (κ3) is 4.87. The first kappa shape index (κ1) is 11.3. The molecule has 4 heteroatoms. The fourth-order valence-corrected chi connectivity index (χ4v) is 2.25. The second kappa shape index (κ2) is 6.66. The van der Waals surface area contributed by atoms with Crippen LogP contribution in [-0.4, -0.2) is 12.4 Å². The molecule has 0 saturated heterocycles. The van der Waals surface area contributed by atoms with Crippen molar-refractivity contribution in [3.8, 4) is 0 Å². The molecule has 13 heavy (non-hydrogen) atoms. The van der Waals surface area contributed by atoms with Crippen LogP contribution in [0.15, 0.2) is 12.1 Å². The summed E-state index contributed by atoms with van der Waals surface area (Å²) in [5.41, 5.74) is 0. The summed E-state index contributed by atoms with van der Waals surface area (Å²) in [6, 6.07) is 3.99. The van der Waals surface area contributed by atoms with E-state index in [1.54, 1.807) is 11.3 Å². The summed E-state index contributed by atoms with van der Waals surface area (Å²) in [5.74, 6) is 0.756. The molecule has 1 aromatic heterocycles. The van der Waals surface area contributed by atoms with Gasteiger partial charge in [0, 0.05) is 17.3 Å². The molecule has 1 N–H and O–H groups in total. The largest absolute Gasteiger partial charge is 0.312 e. The first-order valence-corrected chi connectivity index (χ1v) is 6.06. The second-order valence-electron chi connectivity index (χ2n) is 2.78. The minimum atomic E-state index is 0.756. The van der Waals surface area contributed by atoms with E-state index in [0.717, 1.165) is 36.1 Å². The van der Waals surface area contributed by atoms with Crippen molar-refractivity contribution in [2.45, 2.75) is 19.4 Å². The zero-order valence-corrected chi connectivity index (χ0v) is 9.68. The molecule has 0 bridgehead atoms. The van der Waals surface area contributed by atoms with Gasteiger partial charge in [0.25, 0.3) is 0 Å². The summed E-state index contributed by atoms with van der Waals surface area (Å²) < 4.78 is 0.859.